The Morgan fingerprint density at radius 1 is 0.886 bits per heavy atom. The van der Waals surface area contributed by atoms with Crippen LogP contribution in [-0.4, -0.2) is 56.0 Å². The molecule has 2 amide bonds. The number of anilines is 3. The van der Waals surface area contributed by atoms with Crippen molar-refractivity contribution in [1.82, 2.24) is 4.90 Å². The first kappa shape index (κ1) is 23.6. The fourth-order valence-electron chi connectivity index (χ4n) is 4.95. The van der Waals surface area contributed by atoms with Crippen molar-refractivity contribution < 1.29 is 9.59 Å². The summed E-state index contributed by atoms with van der Waals surface area (Å²) < 4.78 is 0. The van der Waals surface area contributed by atoms with Crippen LogP contribution >= 0.6 is 11.3 Å². The van der Waals surface area contributed by atoms with E-state index in [4.69, 9.17) is 0 Å². The maximum Gasteiger partial charge on any atom is 0.258 e. The van der Waals surface area contributed by atoms with E-state index in [1.807, 2.05) is 36.1 Å². The Labute approximate surface area is 211 Å². The maximum atomic E-state index is 13.5. The average Bonchev–Trinajstić information content (AvgIpc) is 3.54. The second kappa shape index (κ2) is 10.6. The lowest BCUT2D eigenvalue weighted by Gasteiger charge is -2.26. The molecule has 2 aliphatic heterocycles. The van der Waals surface area contributed by atoms with Gasteiger partial charge in [0.15, 0.2) is 0 Å². The highest BCUT2D eigenvalue weighted by Gasteiger charge is 2.27. The van der Waals surface area contributed by atoms with E-state index in [-0.39, 0.29) is 11.8 Å². The molecule has 0 aliphatic carbocycles. The first-order valence-electron chi connectivity index (χ1n) is 12.4. The third-order valence-electron chi connectivity index (χ3n) is 6.92. The molecule has 1 fully saturated rings. The molecule has 0 saturated carbocycles. The predicted octanol–water partition coefficient (Wildman–Crippen LogP) is 5.26. The average molecular weight is 489 g/mol. The van der Waals surface area contributed by atoms with Gasteiger partial charge in [0.1, 0.15) is 5.00 Å². The molecule has 1 aromatic heterocycles. The van der Waals surface area contributed by atoms with E-state index in [1.165, 1.54) is 30.9 Å². The lowest BCUT2D eigenvalue weighted by molar-refractivity contribution is 0.0986. The fourth-order valence-corrected chi connectivity index (χ4v) is 5.91. The smallest absolute Gasteiger partial charge is 0.258 e. The van der Waals surface area contributed by atoms with Gasteiger partial charge in [-0.25, -0.2) is 0 Å². The van der Waals surface area contributed by atoms with Crippen molar-refractivity contribution in [3.05, 3.63) is 76.7 Å². The van der Waals surface area contributed by atoms with Crippen molar-refractivity contribution in [1.29, 1.82) is 0 Å². The largest absolute Gasteiger partial charge is 0.360 e. The van der Waals surface area contributed by atoms with Crippen LogP contribution in [0.5, 0.6) is 0 Å². The second-order valence-electron chi connectivity index (χ2n) is 9.30. The highest BCUT2D eigenvalue weighted by molar-refractivity contribution is 7.15. The van der Waals surface area contributed by atoms with Crippen molar-refractivity contribution in [2.75, 3.05) is 54.4 Å². The van der Waals surface area contributed by atoms with E-state index in [1.54, 1.807) is 35.6 Å². The zero-order valence-electron chi connectivity index (χ0n) is 20.2. The van der Waals surface area contributed by atoms with Gasteiger partial charge >= 0.3 is 0 Å². The Morgan fingerprint density at radius 2 is 1.66 bits per heavy atom. The monoisotopic (exact) mass is 488 g/mol. The van der Waals surface area contributed by atoms with Gasteiger partial charge in [-0.1, -0.05) is 18.2 Å². The first-order chi connectivity index (χ1) is 17.1. The Hall–Kier alpha value is -3.16. The molecule has 6 nitrogen and oxygen atoms in total. The number of fused-ring (bicyclic) bond motifs is 1. The summed E-state index contributed by atoms with van der Waals surface area (Å²) in [5.41, 5.74) is 3.89. The number of thiophene rings is 1. The summed E-state index contributed by atoms with van der Waals surface area (Å²) in [6.45, 7) is 8.09. The van der Waals surface area contributed by atoms with Crippen molar-refractivity contribution in [3.63, 3.8) is 0 Å². The van der Waals surface area contributed by atoms with E-state index in [9.17, 15) is 9.59 Å². The normalized spacial score (nSPS) is 16.1. The molecule has 7 heteroatoms. The van der Waals surface area contributed by atoms with Crippen LogP contribution in [0.15, 0.2) is 60.0 Å². The number of carbonyl (C=O) groups is 2. The van der Waals surface area contributed by atoms with Crippen LogP contribution < -0.4 is 15.1 Å². The van der Waals surface area contributed by atoms with Gasteiger partial charge in [0.05, 0.1) is 5.69 Å². The van der Waals surface area contributed by atoms with Crippen LogP contribution in [-0.2, 0) is 0 Å². The third-order valence-corrected chi connectivity index (χ3v) is 7.88. The zero-order valence-corrected chi connectivity index (χ0v) is 21.0. The number of aryl methyl sites for hydroxylation is 1. The third kappa shape index (κ3) is 5.26. The van der Waals surface area contributed by atoms with E-state index in [2.05, 4.69) is 26.6 Å². The lowest BCUT2D eigenvalue weighted by atomic mass is 10.1. The summed E-state index contributed by atoms with van der Waals surface area (Å²) in [5.74, 6) is -0.144. The number of amides is 2. The SMILES string of the molecule is Cc1ccccc1C(=O)Nc1ccc(C(=O)N2CCCN(CCN3CCCC3)c3sccc32)cc1. The van der Waals surface area contributed by atoms with Gasteiger partial charge in [0, 0.05) is 43.0 Å². The number of rotatable bonds is 6. The van der Waals surface area contributed by atoms with Crippen molar-refractivity contribution in [2.24, 2.45) is 0 Å². The summed E-state index contributed by atoms with van der Waals surface area (Å²) >= 11 is 1.72. The van der Waals surface area contributed by atoms with Gasteiger partial charge in [-0.3, -0.25) is 9.59 Å². The van der Waals surface area contributed by atoms with Crippen LogP contribution in [0.3, 0.4) is 0 Å². The summed E-state index contributed by atoms with van der Waals surface area (Å²) in [6.07, 6.45) is 3.56. The van der Waals surface area contributed by atoms with Crippen LogP contribution in [0.4, 0.5) is 16.4 Å². The highest BCUT2D eigenvalue weighted by atomic mass is 32.1. The fraction of sp³-hybridized carbons (Fsp3) is 0.357. The summed E-state index contributed by atoms with van der Waals surface area (Å²) in [7, 11) is 0. The Kier molecular flexibility index (Phi) is 7.16. The van der Waals surface area contributed by atoms with Crippen molar-refractivity contribution >= 4 is 39.5 Å². The van der Waals surface area contributed by atoms with Gasteiger partial charge < -0.3 is 20.0 Å². The summed E-state index contributed by atoms with van der Waals surface area (Å²) in [6, 6.07) is 16.8. The number of benzene rings is 2. The number of likely N-dealkylation sites (tertiary alicyclic amines) is 1. The van der Waals surface area contributed by atoms with Crippen LogP contribution in [0.2, 0.25) is 0 Å². The summed E-state index contributed by atoms with van der Waals surface area (Å²) in [5, 5.41) is 6.21. The van der Waals surface area contributed by atoms with Gasteiger partial charge in [-0.05, 0) is 86.6 Å². The first-order valence-corrected chi connectivity index (χ1v) is 13.3. The molecule has 0 spiro atoms. The van der Waals surface area contributed by atoms with Crippen LogP contribution in [0.25, 0.3) is 0 Å². The number of carbonyl (C=O) groups excluding carboxylic acids is 2. The van der Waals surface area contributed by atoms with Gasteiger partial charge in [-0.15, -0.1) is 11.3 Å². The summed E-state index contributed by atoms with van der Waals surface area (Å²) in [4.78, 5) is 33.0. The minimum atomic E-state index is -0.147. The molecule has 0 unspecified atom stereocenters. The van der Waals surface area contributed by atoms with Crippen LogP contribution in [0.1, 0.15) is 45.5 Å². The molecule has 3 aromatic rings. The predicted molar refractivity (Wildman–Crippen MR) is 144 cm³/mol. The molecule has 1 N–H and O–H groups in total. The number of nitrogens with zero attached hydrogens (tertiary/aromatic N) is 3. The maximum absolute atomic E-state index is 13.5. The molecule has 0 atom stereocenters. The number of nitrogens with one attached hydrogen (secondary N) is 1. The van der Waals surface area contributed by atoms with E-state index >= 15 is 0 Å². The zero-order chi connectivity index (χ0) is 24.2. The Morgan fingerprint density at radius 3 is 2.43 bits per heavy atom. The van der Waals surface area contributed by atoms with Gasteiger partial charge in [-0.2, -0.15) is 0 Å². The van der Waals surface area contributed by atoms with E-state index in [0.29, 0.717) is 23.4 Å². The molecule has 0 radical (unpaired) electrons. The molecule has 0 bridgehead atoms. The molecule has 182 valence electrons. The van der Waals surface area contributed by atoms with Gasteiger partial charge in [0.25, 0.3) is 11.8 Å². The van der Waals surface area contributed by atoms with Crippen LogP contribution in [0, 0.1) is 6.92 Å². The molecule has 2 aromatic carbocycles. The molecule has 5 rings (SSSR count). The Bertz CT molecular complexity index is 1180. The molecule has 3 heterocycles. The second-order valence-corrected chi connectivity index (χ2v) is 10.2. The lowest BCUT2D eigenvalue weighted by Crippen LogP contribution is -2.33. The minimum Gasteiger partial charge on any atom is -0.360 e. The highest BCUT2D eigenvalue weighted by Crippen LogP contribution is 2.38. The van der Waals surface area contributed by atoms with Gasteiger partial charge in [0.2, 0.25) is 0 Å². The number of hydrogen-bond donors (Lipinski definition) is 1. The molecule has 2 aliphatic rings. The molecule has 35 heavy (non-hydrogen) atoms. The standard InChI is InChI=1S/C28H32N4O2S/c1-21-7-2-3-8-24(21)26(33)29-23-11-9-22(10-12-23)27(34)32-17-6-16-31(28-25(32)13-20-35-28)19-18-30-14-4-5-15-30/h2-3,7-13,20H,4-6,14-19H2,1H3,(H,29,33). The minimum absolute atomic E-state index is 0.00261. The quantitative estimate of drug-likeness (QED) is 0.514. The van der Waals surface area contributed by atoms with Crippen molar-refractivity contribution in [2.45, 2.75) is 26.2 Å². The molecular formula is C28H32N4O2S. The molecular weight excluding hydrogens is 456 g/mol. The van der Waals surface area contributed by atoms with E-state index < -0.39 is 0 Å². The number of hydrogen-bond acceptors (Lipinski definition) is 5. The molecule has 1 saturated heterocycles. The topological polar surface area (TPSA) is 55.9 Å². The Balaban J connectivity index is 1.27. The van der Waals surface area contributed by atoms with Crippen molar-refractivity contribution in [3.8, 4) is 0 Å². The van der Waals surface area contributed by atoms with E-state index in [0.717, 1.165) is 37.3 Å².